The number of hydrogen-bond acceptors (Lipinski definition) is 4. The van der Waals surface area contributed by atoms with Gasteiger partial charge < -0.3 is 10.2 Å². The van der Waals surface area contributed by atoms with E-state index in [2.05, 4.69) is 5.32 Å². The Labute approximate surface area is 251 Å². The molecular weight excluding hydrogens is 546 g/mol. The molecule has 42 heavy (non-hydrogen) atoms. The van der Waals surface area contributed by atoms with Gasteiger partial charge in [-0.25, -0.2) is 8.42 Å². The maximum Gasteiger partial charge on any atom is 0.264 e. The van der Waals surface area contributed by atoms with Gasteiger partial charge in [-0.3, -0.25) is 13.9 Å². The van der Waals surface area contributed by atoms with E-state index in [4.69, 9.17) is 0 Å². The third-order valence-corrected chi connectivity index (χ3v) is 9.81. The molecule has 3 aromatic rings. The summed E-state index contributed by atoms with van der Waals surface area (Å²) in [6, 6.07) is 19.3. The minimum absolute atomic E-state index is 0.107. The van der Waals surface area contributed by atoms with Crippen molar-refractivity contribution in [3.05, 3.63) is 94.5 Å². The highest BCUT2D eigenvalue weighted by atomic mass is 32.2. The lowest BCUT2D eigenvalue weighted by Gasteiger charge is -2.34. The molecule has 2 amide bonds. The van der Waals surface area contributed by atoms with Gasteiger partial charge in [-0.05, 0) is 76.3 Å². The van der Waals surface area contributed by atoms with Gasteiger partial charge in [-0.15, -0.1) is 0 Å². The van der Waals surface area contributed by atoms with Crippen LogP contribution in [0, 0.1) is 27.7 Å². The fraction of sp³-hybridized carbons (Fsp3) is 0.412. The summed E-state index contributed by atoms with van der Waals surface area (Å²) in [7, 11) is -4.10. The number of anilines is 1. The number of aryl methyl sites for hydroxylation is 4. The van der Waals surface area contributed by atoms with E-state index in [0.717, 1.165) is 53.5 Å². The molecular formula is C34H43N3O4S. The standard InChI is InChI=1S/C34H43N3O4S/c1-6-31(34(39)35-29-12-7-8-13-29)36(22-28-11-9-10-25(3)21-28)33(38)23-37(32-19-16-26(4)20-27(32)5)42(40,41)30-17-14-24(2)15-18-30/h9-11,14-21,29,31H,6-8,12-13,22-23H2,1-5H3,(H,35,39)/t31-/m0/s1. The lowest BCUT2D eigenvalue weighted by molar-refractivity contribution is -0.140. The van der Waals surface area contributed by atoms with Crippen molar-refractivity contribution in [3.8, 4) is 0 Å². The second-order valence-electron chi connectivity index (χ2n) is 11.5. The highest BCUT2D eigenvalue weighted by molar-refractivity contribution is 7.92. The zero-order valence-electron chi connectivity index (χ0n) is 25.4. The van der Waals surface area contributed by atoms with Crippen molar-refractivity contribution in [3.63, 3.8) is 0 Å². The minimum Gasteiger partial charge on any atom is -0.352 e. The molecule has 1 aliphatic carbocycles. The molecule has 1 saturated carbocycles. The van der Waals surface area contributed by atoms with Gasteiger partial charge in [0.1, 0.15) is 12.6 Å². The Bertz CT molecular complexity index is 1510. The fourth-order valence-corrected chi connectivity index (χ4v) is 7.21. The van der Waals surface area contributed by atoms with E-state index in [1.54, 1.807) is 35.2 Å². The molecule has 0 radical (unpaired) electrons. The van der Waals surface area contributed by atoms with Crippen molar-refractivity contribution in [1.29, 1.82) is 0 Å². The summed E-state index contributed by atoms with van der Waals surface area (Å²) >= 11 is 0. The van der Waals surface area contributed by atoms with Crippen molar-refractivity contribution in [1.82, 2.24) is 10.2 Å². The molecule has 1 atom stereocenters. The van der Waals surface area contributed by atoms with Crippen LogP contribution in [0.25, 0.3) is 0 Å². The molecule has 1 N–H and O–H groups in total. The summed E-state index contributed by atoms with van der Waals surface area (Å²) in [5.41, 5.74) is 5.04. The Morgan fingerprint density at radius 3 is 2.14 bits per heavy atom. The van der Waals surface area contributed by atoms with Crippen LogP contribution in [0.2, 0.25) is 0 Å². The van der Waals surface area contributed by atoms with Crippen LogP contribution in [0.3, 0.4) is 0 Å². The first-order valence-electron chi connectivity index (χ1n) is 14.8. The van der Waals surface area contributed by atoms with Crippen LogP contribution in [0.5, 0.6) is 0 Å². The van der Waals surface area contributed by atoms with E-state index in [1.165, 1.54) is 4.31 Å². The molecule has 0 spiro atoms. The Balaban J connectivity index is 1.74. The van der Waals surface area contributed by atoms with Crippen LogP contribution in [0.15, 0.2) is 71.6 Å². The Morgan fingerprint density at radius 1 is 0.881 bits per heavy atom. The smallest absolute Gasteiger partial charge is 0.264 e. The van der Waals surface area contributed by atoms with Gasteiger partial charge in [-0.1, -0.05) is 85.0 Å². The molecule has 1 aliphatic rings. The number of nitrogens with zero attached hydrogens (tertiary/aromatic N) is 2. The van der Waals surface area contributed by atoms with Crippen LogP contribution in [0.1, 0.15) is 66.8 Å². The van der Waals surface area contributed by atoms with Crippen LogP contribution < -0.4 is 9.62 Å². The van der Waals surface area contributed by atoms with E-state index in [-0.39, 0.29) is 23.4 Å². The molecule has 7 nitrogen and oxygen atoms in total. The monoisotopic (exact) mass is 589 g/mol. The van der Waals surface area contributed by atoms with Gasteiger partial charge in [0.15, 0.2) is 0 Å². The third-order valence-electron chi connectivity index (χ3n) is 8.03. The number of benzene rings is 3. The first-order chi connectivity index (χ1) is 20.0. The maximum atomic E-state index is 14.3. The predicted molar refractivity (Wildman–Crippen MR) is 168 cm³/mol. The summed E-state index contributed by atoms with van der Waals surface area (Å²) < 4.78 is 29.4. The second-order valence-corrected chi connectivity index (χ2v) is 13.4. The lowest BCUT2D eigenvalue weighted by atomic mass is 10.1. The normalized spacial score (nSPS) is 14.4. The summed E-state index contributed by atoms with van der Waals surface area (Å²) in [4.78, 5) is 29.6. The van der Waals surface area contributed by atoms with Crippen molar-refractivity contribution in [2.24, 2.45) is 0 Å². The van der Waals surface area contributed by atoms with Gasteiger partial charge in [0, 0.05) is 12.6 Å². The second kappa shape index (κ2) is 13.6. The average molecular weight is 590 g/mol. The zero-order chi connectivity index (χ0) is 30.4. The van der Waals surface area contributed by atoms with Gasteiger partial charge in [0.2, 0.25) is 11.8 Å². The molecule has 224 valence electrons. The molecule has 0 unspecified atom stereocenters. The van der Waals surface area contributed by atoms with E-state index in [0.29, 0.717) is 12.1 Å². The average Bonchev–Trinajstić information content (AvgIpc) is 3.45. The number of carbonyl (C=O) groups excluding carboxylic acids is 2. The largest absolute Gasteiger partial charge is 0.352 e. The quantitative estimate of drug-likeness (QED) is 0.298. The van der Waals surface area contributed by atoms with Gasteiger partial charge in [-0.2, -0.15) is 0 Å². The highest BCUT2D eigenvalue weighted by Crippen LogP contribution is 2.29. The number of amides is 2. The van der Waals surface area contributed by atoms with Crippen molar-refractivity contribution >= 4 is 27.5 Å². The molecule has 3 aromatic carbocycles. The van der Waals surface area contributed by atoms with E-state index in [9.17, 15) is 18.0 Å². The molecule has 0 aliphatic heterocycles. The minimum atomic E-state index is -4.10. The summed E-state index contributed by atoms with van der Waals surface area (Å²) in [6.45, 7) is 9.32. The number of nitrogens with one attached hydrogen (secondary N) is 1. The molecule has 0 heterocycles. The van der Waals surface area contributed by atoms with Crippen LogP contribution in [-0.4, -0.2) is 43.8 Å². The number of hydrogen-bond donors (Lipinski definition) is 1. The van der Waals surface area contributed by atoms with E-state index >= 15 is 0 Å². The first kappa shape index (κ1) is 31.3. The molecule has 0 bridgehead atoms. The summed E-state index contributed by atoms with van der Waals surface area (Å²) in [6.07, 6.45) is 4.43. The SMILES string of the molecule is CC[C@@H](C(=O)NC1CCCC1)N(Cc1cccc(C)c1)C(=O)CN(c1ccc(C)cc1C)S(=O)(=O)c1ccc(C)cc1. The number of carbonyl (C=O) groups is 2. The molecule has 8 heteroatoms. The van der Waals surface area contributed by atoms with Gasteiger partial charge in [0.05, 0.1) is 10.6 Å². The van der Waals surface area contributed by atoms with Crippen LogP contribution in [0.4, 0.5) is 5.69 Å². The Kier molecular flexibility index (Phi) is 10.1. The topological polar surface area (TPSA) is 86.8 Å². The van der Waals surface area contributed by atoms with Gasteiger partial charge >= 0.3 is 0 Å². The number of rotatable bonds is 11. The van der Waals surface area contributed by atoms with Crippen LogP contribution in [-0.2, 0) is 26.2 Å². The number of sulfonamides is 1. The first-order valence-corrected chi connectivity index (χ1v) is 16.3. The Morgan fingerprint density at radius 2 is 1.52 bits per heavy atom. The third kappa shape index (κ3) is 7.40. The zero-order valence-corrected chi connectivity index (χ0v) is 26.2. The molecule has 0 saturated heterocycles. The highest BCUT2D eigenvalue weighted by Gasteiger charge is 2.35. The predicted octanol–water partition coefficient (Wildman–Crippen LogP) is 5.98. The maximum absolute atomic E-state index is 14.3. The summed E-state index contributed by atoms with van der Waals surface area (Å²) in [5.74, 6) is -0.620. The van der Waals surface area contributed by atoms with E-state index < -0.39 is 28.5 Å². The molecule has 4 rings (SSSR count). The van der Waals surface area contributed by atoms with Crippen LogP contribution >= 0.6 is 0 Å². The molecule has 1 fully saturated rings. The fourth-order valence-electron chi connectivity index (χ4n) is 5.73. The van der Waals surface area contributed by atoms with E-state index in [1.807, 2.05) is 71.0 Å². The lowest BCUT2D eigenvalue weighted by Crippen LogP contribution is -2.53. The Hall–Kier alpha value is -3.65. The molecule has 0 aromatic heterocycles. The summed E-state index contributed by atoms with van der Waals surface area (Å²) in [5, 5.41) is 3.16. The van der Waals surface area contributed by atoms with Crippen molar-refractivity contribution in [2.45, 2.75) is 90.2 Å². The van der Waals surface area contributed by atoms with Gasteiger partial charge in [0.25, 0.3) is 10.0 Å². The van der Waals surface area contributed by atoms with Crippen molar-refractivity contribution < 1.29 is 18.0 Å². The van der Waals surface area contributed by atoms with Crippen molar-refractivity contribution in [2.75, 3.05) is 10.8 Å².